The van der Waals surface area contributed by atoms with E-state index < -0.39 is 11.6 Å². The minimum Gasteiger partial charge on any atom is -0.379 e. The molecule has 2 rings (SSSR count). The predicted octanol–water partition coefficient (Wildman–Crippen LogP) is 2.00. The monoisotopic (exact) mass is 237 g/mol. The summed E-state index contributed by atoms with van der Waals surface area (Å²) in [6.45, 7) is 1.43. The van der Waals surface area contributed by atoms with E-state index >= 15 is 0 Å². The largest absolute Gasteiger partial charge is 0.379 e. The molecule has 2 N–H and O–H groups in total. The average molecular weight is 237 g/mol. The van der Waals surface area contributed by atoms with Gasteiger partial charge in [-0.2, -0.15) is 5.26 Å². The van der Waals surface area contributed by atoms with Gasteiger partial charge >= 0.3 is 0 Å². The number of nitrogens with zero attached hydrogens (tertiary/aromatic N) is 1. The maximum Gasteiger partial charge on any atom is 0.150 e. The number of rotatable bonds is 3. The first kappa shape index (κ1) is 11.8. The van der Waals surface area contributed by atoms with E-state index in [4.69, 9.17) is 5.26 Å². The normalized spacial score (nSPS) is 19.0. The molecule has 0 aliphatic carbocycles. The van der Waals surface area contributed by atoms with E-state index in [1.54, 1.807) is 6.07 Å². The van der Waals surface area contributed by atoms with Crippen LogP contribution < -0.4 is 10.6 Å². The van der Waals surface area contributed by atoms with Crippen molar-refractivity contribution in [3.05, 3.63) is 29.3 Å². The maximum atomic E-state index is 13.5. The van der Waals surface area contributed by atoms with E-state index in [0.717, 1.165) is 31.5 Å². The van der Waals surface area contributed by atoms with Crippen LogP contribution in [0.3, 0.4) is 0 Å². The first-order chi connectivity index (χ1) is 8.20. The number of hydrogen-bond donors (Lipinski definition) is 2. The van der Waals surface area contributed by atoms with Gasteiger partial charge in [-0.15, -0.1) is 0 Å². The molecule has 0 amide bonds. The lowest BCUT2D eigenvalue weighted by atomic mass is 10.2. The van der Waals surface area contributed by atoms with Crippen LogP contribution >= 0.6 is 0 Å². The first-order valence-electron chi connectivity index (χ1n) is 5.57. The van der Waals surface area contributed by atoms with Crippen molar-refractivity contribution < 1.29 is 8.78 Å². The predicted molar refractivity (Wildman–Crippen MR) is 60.6 cm³/mol. The summed E-state index contributed by atoms with van der Waals surface area (Å²) < 4.78 is 27.0. The Morgan fingerprint density at radius 3 is 2.65 bits per heavy atom. The molecule has 1 heterocycles. The van der Waals surface area contributed by atoms with E-state index in [2.05, 4.69) is 10.6 Å². The molecule has 3 nitrogen and oxygen atoms in total. The standard InChI is InChI=1S/C12H13F2N3/c13-10-4-8(6-15)5-11(14)12(10)17-7-9-2-1-3-16-9/h4-5,9,16-17H,1-3,7H2. The molecule has 1 aliphatic heterocycles. The summed E-state index contributed by atoms with van der Waals surface area (Å²) in [4.78, 5) is 0. The number of nitrogens with one attached hydrogen (secondary N) is 2. The van der Waals surface area contributed by atoms with Crippen molar-refractivity contribution in [2.24, 2.45) is 0 Å². The minimum absolute atomic E-state index is 0.00968. The fourth-order valence-corrected chi connectivity index (χ4v) is 1.96. The SMILES string of the molecule is N#Cc1cc(F)c(NCC2CCCN2)c(F)c1. The second-order valence-corrected chi connectivity index (χ2v) is 4.10. The third-order valence-electron chi connectivity index (χ3n) is 2.86. The molecular weight excluding hydrogens is 224 g/mol. The van der Waals surface area contributed by atoms with Crippen LogP contribution in [0, 0.1) is 23.0 Å². The number of benzene rings is 1. The fraction of sp³-hybridized carbons (Fsp3) is 0.417. The van der Waals surface area contributed by atoms with Crippen molar-refractivity contribution in [1.82, 2.24) is 5.32 Å². The maximum absolute atomic E-state index is 13.5. The number of halogens is 2. The highest BCUT2D eigenvalue weighted by Gasteiger charge is 2.16. The second kappa shape index (κ2) is 5.11. The van der Waals surface area contributed by atoms with Crippen LogP contribution in [0.1, 0.15) is 18.4 Å². The summed E-state index contributed by atoms with van der Waals surface area (Å²) in [7, 11) is 0. The summed E-state index contributed by atoms with van der Waals surface area (Å²) in [6, 6.07) is 4.04. The molecule has 0 aromatic heterocycles. The minimum atomic E-state index is -0.723. The summed E-state index contributed by atoms with van der Waals surface area (Å²) in [5.74, 6) is -1.45. The van der Waals surface area contributed by atoms with Gasteiger partial charge in [0.15, 0.2) is 11.6 Å². The zero-order valence-corrected chi connectivity index (χ0v) is 9.26. The van der Waals surface area contributed by atoms with Crippen molar-refractivity contribution in [1.29, 1.82) is 5.26 Å². The molecule has 0 bridgehead atoms. The Kier molecular flexibility index (Phi) is 3.55. The molecule has 0 saturated carbocycles. The van der Waals surface area contributed by atoms with Crippen molar-refractivity contribution in [3.63, 3.8) is 0 Å². The highest BCUT2D eigenvalue weighted by molar-refractivity contribution is 5.50. The van der Waals surface area contributed by atoms with Gasteiger partial charge in [0.2, 0.25) is 0 Å². The lowest BCUT2D eigenvalue weighted by Gasteiger charge is -2.13. The topological polar surface area (TPSA) is 47.9 Å². The molecule has 0 spiro atoms. The molecule has 5 heteroatoms. The second-order valence-electron chi connectivity index (χ2n) is 4.10. The Bertz CT molecular complexity index is 425. The van der Waals surface area contributed by atoms with Gasteiger partial charge in [-0.3, -0.25) is 0 Å². The molecular formula is C12H13F2N3. The Labute approximate surface area is 98.4 Å². The van der Waals surface area contributed by atoms with Crippen LogP contribution in [0.15, 0.2) is 12.1 Å². The number of nitriles is 1. The highest BCUT2D eigenvalue weighted by Crippen LogP contribution is 2.20. The molecule has 1 saturated heterocycles. The van der Waals surface area contributed by atoms with Crippen LogP contribution in [0.25, 0.3) is 0 Å². The molecule has 1 unspecified atom stereocenters. The summed E-state index contributed by atoms with van der Waals surface area (Å²) in [6.07, 6.45) is 2.09. The fourth-order valence-electron chi connectivity index (χ4n) is 1.96. The summed E-state index contributed by atoms with van der Waals surface area (Å²) in [5, 5.41) is 14.5. The zero-order chi connectivity index (χ0) is 12.3. The molecule has 1 aromatic rings. The zero-order valence-electron chi connectivity index (χ0n) is 9.26. The Hall–Kier alpha value is -1.67. The lowest BCUT2D eigenvalue weighted by Crippen LogP contribution is -2.29. The van der Waals surface area contributed by atoms with Crippen molar-refractivity contribution in [2.75, 3.05) is 18.4 Å². The quantitative estimate of drug-likeness (QED) is 0.845. The van der Waals surface area contributed by atoms with Gasteiger partial charge in [-0.05, 0) is 31.5 Å². The van der Waals surface area contributed by atoms with Gasteiger partial charge in [-0.1, -0.05) is 0 Å². The Morgan fingerprint density at radius 2 is 2.12 bits per heavy atom. The molecule has 1 aromatic carbocycles. The third kappa shape index (κ3) is 2.71. The summed E-state index contributed by atoms with van der Waals surface area (Å²) >= 11 is 0. The first-order valence-corrected chi connectivity index (χ1v) is 5.57. The van der Waals surface area contributed by atoms with Gasteiger partial charge < -0.3 is 10.6 Å². The highest BCUT2D eigenvalue weighted by atomic mass is 19.1. The van der Waals surface area contributed by atoms with E-state index in [9.17, 15) is 8.78 Å². The van der Waals surface area contributed by atoms with Gasteiger partial charge in [-0.25, -0.2) is 8.78 Å². The Balaban J connectivity index is 2.07. The van der Waals surface area contributed by atoms with Gasteiger partial charge in [0, 0.05) is 12.6 Å². The van der Waals surface area contributed by atoms with Gasteiger partial charge in [0.25, 0.3) is 0 Å². The molecule has 0 radical (unpaired) electrons. The molecule has 17 heavy (non-hydrogen) atoms. The van der Waals surface area contributed by atoms with Crippen molar-refractivity contribution in [3.8, 4) is 6.07 Å². The Morgan fingerprint density at radius 1 is 1.41 bits per heavy atom. The molecule has 1 aliphatic rings. The van der Waals surface area contributed by atoms with Crippen LogP contribution in [0.2, 0.25) is 0 Å². The van der Waals surface area contributed by atoms with Crippen LogP contribution in [-0.2, 0) is 0 Å². The molecule has 90 valence electrons. The lowest BCUT2D eigenvalue weighted by molar-refractivity contribution is 0.578. The van der Waals surface area contributed by atoms with Crippen LogP contribution in [-0.4, -0.2) is 19.1 Å². The van der Waals surface area contributed by atoms with Gasteiger partial charge in [0.05, 0.1) is 11.6 Å². The average Bonchev–Trinajstić information content (AvgIpc) is 2.80. The van der Waals surface area contributed by atoms with E-state index in [0.29, 0.717) is 6.54 Å². The van der Waals surface area contributed by atoms with Crippen molar-refractivity contribution in [2.45, 2.75) is 18.9 Å². The number of anilines is 1. The molecule has 1 fully saturated rings. The summed E-state index contributed by atoms with van der Waals surface area (Å²) in [5.41, 5.74) is -0.165. The van der Waals surface area contributed by atoms with Gasteiger partial charge in [0.1, 0.15) is 5.69 Å². The van der Waals surface area contributed by atoms with E-state index in [-0.39, 0.29) is 17.3 Å². The van der Waals surface area contributed by atoms with E-state index in [1.165, 1.54) is 0 Å². The van der Waals surface area contributed by atoms with Crippen molar-refractivity contribution >= 4 is 5.69 Å². The van der Waals surface area contributed by atoms with Crippen LogP contribution in [0.4, 0.5) is 14.5 Å². The third-order valence-corrected chi connectivity index (χ3v) is 2.86. The smallest absolute Gasteiger partial charge is 0.150 e. The molecule has 1 atom stereocenters. The van der Waals surface area contributed by atoms with E-state index in [1.807, 2.05) is 0 Å². The number of hydrogen-bond acceptors (Lipinski definition) is 3. The van der Waals surface area contributed by atoms with Crippen LogP contribution in [0.5, 0.6) is 0 Å².